The lowest BCUT2D eigenvalue weighted by Gasteiger charge is -2.03. The zero-order valence-corrected chi connectivity index (χ0v) is 10.8. The van der Waals surface area contributed by atoms with Crippen LogP contribution in [-0.4, -0.2) is 25.8 Å². The summed E-state index contributed by atoms with van der Waals surface area (Å²) in [5.74, 6) is 0.965. The Morgan fingerprint density at radius 3 is 2.50 bits per heavy atom. The minimum Gasteiger partial charge on any atom is -0.409 e. The Morgan fingerprint density at radius 2 is 2.00 bits per heavy atom. The van der Waals surface area contributed by atoms with E-state index in [1.54, 1.807) is 12.1 Å². The third-order valence-corrected chi connectivity index (χ3v) is 3.57. The van der Waals surface area contributed by atoms with Crippen LogP contribution >= 0.6 is 11.8 Å². The van der Waals surface area contributed by atoms with Crippen LogP contribution in [-0.2, 0) is 7.05 Å². The smallest absolute Gasteiger partial charge is 0.195 e. The Balaban J connectivity index is 2.18. The number of aryl methyl sites for hydroxylation is 1. The van der Waals surface area contributed by atoms with E-state index < -0.39 is 0 Å². The second-order valence-corrected chi connectivity index (χ2v) is 4.74. The molecule has 6 nitrogen and oxygen atoms in total. The predicted octanol–water partition coefficient (Wildman–Crippen LogP) is 1.37. The number of benzene rings is 1. The largest absolute Gasteiger partial charge is 0.409 e. The molecule has 0 spiro atoms. The minimum absolute atomic E-state index is 0.0982. The predicted molar refractivity (Wildman–Crippen MR) is 68.8 cm³/mol. The summed E-state index contributed by atoms with van der Waals surface area (Å²) in [5.41, 5.74) is 6.17. The molecule has 0 aliphatic rings. The highest BCUT2D eigenvalue weighted by atomic mass is 32.2. The van der Waals surface area contributed by atoms with Gasteiger partial charge in [0.25, 0.3) is 0 Å². The van der Waals surface area contributed by atoms with E-state index in [1.807, 2.05) is 30.7 Å². The number of hydrogen-bond acceptors (Lipinski definition) is 5. The molecule has 18 heavy (non-hydrogen) atoms. The van der Waals surface area contributed by atoms with Gasteiger partial charge in [0.15, 0.2) is 11.0 Å². The highest BCUT2D eigenvalue weighted by Crippen LogP contribution is 2.25. The molecule has 0 amide bonds. The van der Waals surface area contributed by atoms with Crippen molar-refractivity contribution in [2.24, 2.45) is 17.9 Å². The molecule has 94 valence electrons. The minimum atomic E-state index is 0.0982. The number of rotatable bonds is 3. The molecule has 0 bridgehead atoms. The molecular weight excluding hydrogens is 250 g/mol. The lowest BCUT2D eigenvalue weighted by molar-refractivity contribution is 0.318. The Bertz CT molecular complexity index is 576. The maximum atomic E-state index is 8.57. The number of nitrogens with zero attached hydrogens (tertiary/aromatic N) is 4. The van der Waals surface area contributed by atoms with Crippen LogP contribution in [0.15, 0.2) is 39.5 Å². The Hall–Kier alpha value is -2.02. The summed E-state index contributed by atoms with van der Waals surface area (Å²) in [6.45, 7) is 1.90. The van der Waals surface area contributed by atoms with Crippen molar-refractivity contribution in [3.05, 3.63) is 35.7 Å². The van der Waals surface area contributed by atoms with Gasteiger partial charge in [0.05, 0.1) is 0 Å². The number of oxime groups is 1. The molecule has 0 aliphatic carbocycles. The van der Waals surface area contributed by atoms with E-state index in [0.717, 1.165) is 15.9 Å². The molecule has 0 radical (unpaired) electrons. The van der Waals surface area contributed by atoms with Gasteiger partial charge in [-0.3, -0.25) is 0 Å². The van der Waals surface area contributed by atoms with Gasteiger partial charge in [0.2, 0.25) is 0 Å². The van der Waals surface area contributed by atoms with Gasteiger partial charge < -0.3 is 15.5 Å². The number of nitrogens with two attached hydrogens (primary N) is 1. The van der Waals surface area contributed by atoms with Crippen LogP contribution < -0.4 is 5.73 Å². The van der Waals surface area contributed by atoms with Gasteiger partial charge in [0, 0.05) is 17.5 Å². The molecular formula is C11H13N5OS. The summed E-state index contributed by atoms with van der Waals surface area (Å²) in [6, 6.07) is 7.37. The second kappa shape index (κ2) is 5.09. The van der Waals surface area contributed by atoms with E-state index >= 15 is 0 Å². The molecule has 0 fully saturated rings. The monoisotopic (exact) mass is 263 g/mol. The molecule has 0 unspecified atom stereocenters. The number of amidine groups is 1. The van der Waals surface area contributed by atoms with E-state index in [-0.39, 0.29) is 5.84 Å². The highest BCUT2D eigenvalue weighted by Gasteiger charge is 2.07. The lowest BCUT2D eigenvalue weighted by atomic mass is 10.2. The van der Waals surface area contributed by atoms with Crippen molar-refractivity contribution in [1.29, 1.82) is 0 Å². The van der Waals surface area contributed by atoms with E-state index in [0.29, 0.717) is 5.56 Å². The first-order chi connectivity index (χ1) is 8.61. The molecule has 2 aromatic rings. The maximum absolute atomic E-state index is 8.57. The van der Waals surface area contributed by atoms with Gasteiger partial charge >= 0.3 is 0 Å². The Labute approximate surface area is 109 Å². The number of hydrogen-bond donors (Lipinski definition) is 2. The van der Waals surface area contributed by atoms with Gasteiger partial charge in [-0.2, -0.15) is 0 Å². The summed E-state index contributed by atoms with van der Waals surface area (Å²) in [7, 11) is 1.92. The van der Waals surface area contributed by atoms with Gasteiger partial charge in [0.1, 0.15) is 5.82 Å². The fourth-order valence-corrected chi connectivity index (χ4v) is 2.17. The van der Waals surface area contributed by atoms with E-state index in [9.17, 15) is 0 Å². The third-order valence-electron chi connectivity index (χ3n) is 2.52. The van der Waals surface area contributed by atoms with Crippen molar-refractivity contribution in [3.8, 4) is 0 Å². The molecule has 1 aromatic carbocycles. The van der Waals surface area contributed by atoms with E-state index in [4.69, 9.17) is 10.9 Å². The van der Waals surface area contributed by atoms with Crippen LogP contribution in [0.4, 0.5) is 0 Å². The van der Waals surface area contributed by atoms with Crippen LogP contribution in [0.5, 0.6) is 0 Å². The second-order valence-electron chi connectivity index (χ2n) is 3.70. The lowest BCUT2D eigenvalue weighted by Crippen LogP contribution is -2.12. The summed E-state index contributed by atoms with van der Waals surface area (Å²) in [5, 5.41) is 20.4. The fraction of sp³-hybridized carbons (Fsp3) is 0.182. The van der Waals surface area contributed by atoms with Crippen LogP contribution in [0.2, 0.25) is 0 Å². The molecule has 1 heterocycles. The van der Waals surface area contributed by atoms with Crippen molar-refractivity contribution >= 4 is 17.6 Å². The van der Waals surface area contributed by atoms with E-state index in [1.165, 1.54) is 11.8 Å². The zero-order valence-electron chi connectivity index (χ0n) is 10.0. The summed E-state index contributed by atoms with van der Waals surface area (Å²) in [4.78, 5) is 1.01. The number of aromatic nitrogens is 3. The van der Waals surface area contributed by atoms with Crippen LogP contribution in [0.3, 0.4) is 0 Å². The zero-order chi connectivity index (χ0) is 13.1. The fourth-order valence-electron chi connectivity index (χ4n) is 1.33. The van der Waals surface area contributed by atoms with Crippen LogP contribution in [0.25, 0.3) is 0 Å². The summed E-state index contributed by atoms with van der Waals surface area (Å²) >= 11 is 1.51. The Morgan fingerprint density at radius 1 is 1.33 bits per heavy atom. The van der Waals surface area contributed by atoms with Crippen LogP contribution in [0.1, 0.15) is 11.4 Å². The first-order valence-electron chi connectivity index (χ1n) is 5.23. The molecule has 0 saturated heterocycles. The highest BCUT2D eigenvalue weighted by molar-refractivity contribution is 7.99. The van der Waals surface area contributed by atoms with Crippen molar-refractivity contribution in [1.82, 2.24) is 14.8 Å². The van der Waals surface area contributed by atoms with E-state index in [2.05, 4.69) is 15.4 Å². The Kier molecular flexibility index (Phi) is 3.52. The molecule has 0 atom stereocenters. The van der Waals surface area contributed by atoms with Crippen molar-refractivity contribution < 1.29 is 5.21 Å². The first kappa shape index (κ1) is 12.4. The topological polar surface area (TPSA) is 89.3 Å². The summed E-state index contributed by atoms with van der Waals surface area (Å²) < 4.78 is 1.92. The average molecular weight is 263 g/mol. The average Bonchev–Trinajstić information content (AvgIpc) is 2.71. The molecule has 3 N–H and O–H groups in total. The molecule has 2 rings (SSSR count). The molecule has 1 aromatic heterocycles. The van der Waals surface area contributed by atoms with Gasteiger partial charge in [-0.25, -0.2) is 0 Å². The molecule has 0 aliphatic heterocycles. The van der Waals surface area contributed by atoms with Crippen LogP contribution in [0, 0.1) is 6.92 Å². The van der Waals surface area contributed by atoms with Gasteiger partial charge in [-0.05, 0) is 30.8 Å². The first-order valence-corrected chi connectivity index (χ1v) is 6.05. The quantitative estimate of drug-likeness (QED) is 0.378. The van der Waals surface area contributed by atoms with Crippen molar-refractivity contribution in [2.45, 2.75) is 17.0 Å². The normalized spacial score (nSPS) is 11.8. The van der Waals surface area contributed by atoms with Crippen molar-refractivity contribution in [2.75, 3.05) is 0 Å². The standard InChI is InChI=1S/C11H13N5OS/c1-7-13-14-11(16(7)2)18-9-5-3-8(4-6-9)10(12)15-17/h3-6,17H,1-2H3,(H2,12,15). The third kappa shape index (κ3) is 2.45. The van der Waals surface area contributed by atoms with Gasteiger partial charge in [-0.1, -0.05) is 17.3 Å². The summed E-state index contributed by atoms with van der Waals surface area (Å²) in [6.07, 6.45) is 0. The molecule has 7 heteroatoms. The molecule has 0 saturated carbocycles. The van der Waals surface area contributed by atoms with Gasteiger partial charge in [-0.15, -0.1) is 10.2 Å². The van der Waals surface area contributed by atoms with Crippen molar-refractivity contribution in [3.63, 3.8) is 0 Å². The SMILES string of the molecule is Cc1nnc(Sc2ccc(C(N)=NO)cc2)n1C. The maximum Gasteiger partial charge on any atom is 0.195 e.